The summed E-state index contributed by atoms with van der Waals surface area (Å²) >= 11 is 4.48. The number of nitrogens with two attached hydrogens (primary N) is 1. The molecular formula is C17H14ClF9N2O5. The third-order valence-corrected chi connectivity index (χ3v) is 3.96. The van der Waals surface area contributed by atoms with Crippen molar-refractivity contribution in [2.24, 2.45) is 5.73 Å². The summed E-state index contributed by atoms with van der Waals surface area (Å²) in [6, 6.07) is 0.0377. The Balaban J connectivity index is 0.000000833. The van der Waals surface area contributed by atoms with E-state index in [1.165, 1.54) is 6.92 Å². The molecule has 1 aromatic rings. The van der Waals surface area contributed by atoms with Gasteiger partial charge in [-0.15, -0.1) is 0 Å². The molecule has 1 unspecified atom stereocenters. The van der Waals surface area contributed by atoms with Gasteiger partial charge >= 0.3 is 41.3 Å². The highest BCUT2D eigenvalue weighted by Crippen LogP contribution is 2.44. The van der Waals surface area contributed by atoms with Crippen LogP contribution in [-0.2, 0) is 29.8 Å². The second-order valence-electron chi connectivity index (χ2n) is 6.23. The number of rotatable bonds is 5. The van der Waals surface area contributed by atoms with E-state index in [1.807, 2.05) is 0 Å². The third kappa shape index (κ3) is 8.72. The predicted molar refractivity (Wildman–Crippen MR) is 94.6 cm³/mol. The first-order valence-corrected chi connectivity index (χ1v) is 8.75. The van der Waals surface area contributed by atoms with Crippen LogP contribution >= 0.6 is 11.6 Å². The molecule has 1 aromatic carbocycles. The Morgan fingerprint density at radius 2 is 1.56 bits per heavy atom. The average molecular weight is 533 g/mol. The van der Waals surface area contributed by atoms with Crippen LogP contribution in [0.3, 0.4) is 0 Å². The molecule has 1 rings (SSSR count). The summed E-state index contributed by atoms with van der Waals surface area (Å²) in [7, 11) is 1.11. The molecule has 0 fully saturated rings. The van der Waals surface area contributed by atoms with Gasteiger partial charge in [-0.2, -0.15) is 35.1 Å². The van der Waals surface area contributed by atoms with Gasteiger partial charge in [0.15, 0.2) is 6.61 Å². The summed E-state index contributed by atoms with van der Waals surface area (Å²) in [5.74, 6) is -10.8. The quantitative estimate of drug-likeness (QED) is 0.271. The number of ether oxygens (including phenoxy) is 1. The van der Waals surface area contributed by atoms with E-state index in [2.05, 4.69) is 16.3 Å². The highest BCUT2D eigenvalue weighted by atomic mass is 35.5. The molecule has 0 bridgehead atoms. The Labute approximate surface area is 189 Å². The summed E-state index contributed by atoms with van der Waals surface area (Å²) in [4.78, 5) is 42.7. The first-order chi connectivity index (χ1) is 15.1. The van der Waals surface area contributed by atoms with Gasteiger partial charge in [-0.25, -0.2) is 9.18 Å². The van der Waals surface area contributed by atoms with Crippen LogP contribution in [0, 0.1) is 5.82 Å². The van der Waals surface area contributed by atoms with E-state index in [0.29, 0.717) is 12.1 Å². The van der Waals surface area contributed by atoms with Gasteiger partial charge in [-0.1, -0.05) is 12.1 Å². The Bertz CT molecular complexity index is 935. The maximum atomic E-state index is 13.9. The molecule has 1 atom stereocenters. The monoisotopic (exact) mass is 532 g/mol. The molecule has 0 aromatic heterocycles. The van der Waals surface area contributed by atoms with Crippen LogP contribution in [0.2, 0.25) is 0 Å². The molecule has 7 nitrogen and oxygen atoms in total. The lowest BCUT2D eigenvalue weighted by Crippen LogP contribution is -2.39. The zero-order valence-corrected chi connectivity index (χ0v) is 17.6. The summed E-state index contributed by atoms with van der Waals surface area (Å²) in [5, 5.41) is -1.57. The van der Waals surface area contributed by atoms with Crippen molar-refractivity contribution in [2.75, 3.05) is 13.7 Å². The second kappa shape index (κ2) is 11.4. The Morgan fingerprint density at radius 3 is 1.91 bits per heavy atom. The molecule has 0 radical (unpaired) electrons. The summed E-state index contributed by atoms with van der Waals surface area (Å²) in [6.45, 7) is -0.550. The molecule has 17 heteroatoms. The number of carbonyl (C=O) groups is 4. The van der Waals surface area contributed by atoms with Crippen molar-refractivity contribution in [2.45, 2.75) is 31.2 Å². The van der Waals surface area contributed by atoms with Gasteiger partial charge < -0.3 is 15.4 Å². The first kappa shape index (κ1) is 31.0. The number of esters is 1. The second-order valence-corrected chi connectivity index (χ2v) is 6.57. The van der Waals surface area contributed by atoms with Crippen molar-refractivity contribution in [1.29, 1.82) is 0 Å². The van der Waals surface area contributed by atoms with Crippen molar-refractivity contribution in [3.05, 3.63) is 35.1 Å². The topological polar surface area (TPSA) is 107 Å². The van der Waals surface area contributed by atoms with E-state index < -0.39 is 65.3 Å². The van der Waals surface area contributed by atoms with Gasteiger partial charge in [0, 0.05) is 18.2 Å². The SMILES string of the molecule is CC(c1ccc(C(F)(F)C(F)(F)F)cc1F)N(C)C(=O)C(N)=O.O=C(Cl)C(=O)OCC(F)(F)F. The number of halogens is 10. The minimum absolute atomic E-state index is 0.0436. The van der Waals surface area contributed by atoms with Gasteiger partial charge in [0.2, 0.25) is 0 Å². The van der Waals surface area contributed by atoms with Gasteiger partial charge in [-0.05, 0) is 24.6 Å². The minimum atomic E-state index is -5.87. The predicted octanol–water partition coefficient (Wildman–Crippen LogP) is 3.34. The summed E-state index contributed by atoms with van der Waals surface area (Å²) in [5.41, 5.74) is 2.86. The van der Waals surface area contributed by atoms with Crippen LogP contribution in [-0.4, -0.2) is 53.9 Å². The zero-order valence-electron chi connectivity index (χ0n) is 16.9. The third-order valence-electron chi connectivity index (χ3n) is 3.81. The van der Waals surface area contributed by atoms with Gasteiger partial charge in [0.05, 0.1) is 6.04 Å². The van der Waals surface area contributed by atoms with Crippen molar-refractivity contribution >= 4 is 34.6 Å². The number of hydrogen-bond donors (Lipinski definition) is 1. The number of primary amides is 1. The molecule has 2 N–H and O–H groups in total. The van der Waals surface area contributed by atoms with E-state index >= 15 is 0 Å². The smallest absolute Gasteiger partial charge is 0.449 e. The number of alkyl halides is 8. The standard InChI is InChI=1S/C13H12F6N2O2.C4H2ClF3O3/c1-6(21(2)11(23)10(20)22)8-4-3-7(5-9(8)14)12(15,16)13(17,18)19;5-2(9)3(10)11-1-4(6,7)8/h3-6H,1-2H3,(H2,20,22);1H2. The first-order valence-electron chi connectivity index (χ1n) is 8.37. The fourth-order valence-electron chi connectivity index (χ4n) is 1.99. The van der Waals surface area contributed by atoms with E-state index in [4.69, 9.17) is 5.73 Å². The fraction of sp³-hybridized carbons (Fsp3) is 0.412. The van der Waals surface area contributed by atoms with E-state index in [1.54, 1.807) is 0 Å². The van der Waals surface area contributed by atoms with Gasteiger partial charge in [0.25, 0.3) is 0 Å². The summed E-state index contributed by atoms with van der Waals surface area (Å²) < 4.78 is 114. The van der Waals surface area contributed by atoms with E-state index in [9.17, 15) is 58.7 Å². The molecule has 0 saturated heterocycles. The zero-order chi connectivity index (χ0) is 27.2. The lowest BCUT2D eigenvalue weighted by molar-refractivity contribution is -0.289. The molecule has 0 aliphatic rings. The number of benzene rings is 1. The lowest BCUT2D eigenvalue weighted by Gasteiger charge is -2.25. The van der Waals surface area contributed by atoms with Crippen LogP contribution < -0.4 is 5.73 Å². The van der Waals surface area contributed by atoms with Crippen LogP contribution in [0.25, 0.3) is 0 Å². The van der Waals surface area contributed by atoms with Crippen molar-refractivity contribution in [1.82, 2.24) is 4.90 Å². The fourth-order valence-corrected chi connectivity index (χ4v) is 2.04. The number of carbonyl (C=O) groups excluding carboxylic acids is 4. The molecular weight excluding hydrogens is 519 g/mol. The number of amides is 2. The van der Waals surface area contributed by atoms with Gasteiger partial charge in [0.1, 0.15) is 5.82 Å². The molecule has 2 amide bonds. The maximum Gasteiger partial charge on any atom is 0.458 e. The van der Waals surface area contributed by atoms with E-state index in [-0.39, 0.29) is 11.6 Å². The lowest BCUT2D eigenvalue weighted by atomic mass is 10.0. The van der Waals surface area contributed by atoms with Gasteiger partial charge in [-0.3, -0.25) is 14.4 Å². The summed E-state index contributed by atoms with van der Waals surface area (Å²) in [6.07, 6.45) is -10.5. The highest BCUT2D eigenvalue weighted by Gasteiger charge is 2.58. The minimum Gasteiger partial charge on any atom is -0.449 e. The largest absolute Gasteiger partial charge is 0.458 e. The van der Waals surface area contributed by atoms with Crippen LogP contribution in [0.1, 0.15) is 24.1 Å². The molecule has 0 spiro atoms. The average Bonchev–Trinajstić information content (AvgIpc) is 2.69. The number of nitrogens with zero attached hydrogens (tertiary/aromatic N) is 1. The van der Waals surface area contributed by atoms with Crippen LogP contribution in [0.15, 0.2) is 18.2 Å². The molecule has 34 heavy (non-hydrogen) atoms. The molecule has 0 saturated carbocycles. The Hall–Kier alpha value is -3.04. The Kier molecular flexibility index (Phi) is 10.4. The molecule has 0 aliphatic carbocycles. The highest BCUT2D eigenvalue weighted by molar-refractivity contribution is 6.80. The van der Waals surface area contributed by atoms with Crippen LogP contribution in [0.4, 0.5) is 39.5 Å². The Morgan fingerprint density at radius 1 is 1.06 bits per heavy atom. The molecule has 192 valence electrons. The van der Waals surface area contributed by atoms with Crippen molar-refractivity contribution in [3.8, 4) is 0 Å². The van der Waals surface area contributed by atoms with Crippen LogP contribution in [0.5, 0.6) is 0 Å². The number of likely N-dealkylation sites (N-methyl/N-ethyl adjacent to an activating group) is 1. The van der Waals surface area contributed by atoms with Crippen molar-refractivity contribution < 1.29 is 63.4 Å². The normalized spacial score (nSPS) is 12.7. The molecule has 0 aliphatic heterocycles. The maximum absolute atomic E-state index is 13.9. The van der Waals surface area contributed by atoms with Crippen molar-refractivity contribution in [3.63, 3.8) is 0 Å². The van der Waals surface area contributed by atoms with E-state index in [0.717, 1.165) is 11.9 Å². The molecule has 0 heterocycles. The number of hydrogen-bond acceptors (Lipinski definition) is 5.